The van der Waals surface area contributed by atoms with E-state index in [1.807, 2.05) is 20.8 Å². The molecule has 0 spiro atoms. The van der Waals surface area contributed by atoms with Crippen molar-refractivity contribution in [2.45, 2.75) is 26.8 Å². The van der Waals surface area contributed by atoms with E-state index in [-0.39, 0.29) is 18.6 Å². The van der Waals surface area contributed by atoms with Gasteiger partial charge in [0.2, 0.25) is 5.91 Å². The Morgan fingerprint density at radius 1 is 1.32 bits per heavy atom. The predicted molar refractivity (Wildman–Crippen MR) is 75.2 cm³/mol. The minimum Gasteiger partial charge on any atom is -0.382 e. The maximum atomic E-state index is 11.7. The second-order valence-corrected chi connectivity index (χ2v) is 4.69. The van der Waals surface area contributed by atoms with Gasteiger partial charge in [-0.15, -0.1) is 0 Å². The molecule has 0 aliphatic heterocycles. The number of methoxy groups -OCH3 is 1. The molecule has 106 valence electrons. The molecule has 1 atom stereocenters. The highest BCUT2D eigenvalue weighted by Crippen LogP contribution is 2.18. The third-order valence-electron chi connectivity index (χ3n) is 2.94. The van der Waals surface area contributed by atoms with Crippen molar-refractivity contribution in [1.29, 1.82) is 0 Å². The van der Waals surface area contributed by atoms with E-state index in [4.69, 9.17) is 9.47 Å². The van der Waals surface area contributed by atoms with Gasteiger partial charge in [-0.05, 0) is 31.9 Å². The van der Waals surface area contributed by atoms with E-state index in [1.165, 1.54) is 11.1 Å². The van der Waals surface area contributed by atoms with Gasteiger partial charge < -0.3 is 14.8 Å². The van der Waals surface area contributed by atoms with Crippen LogP contribution >= 0.6 is 0 Å². The molecule has 0 bridgehead atoms. The van der Waals surface area contributed by atoms with E-state index in [0.29, 0.717) is 13.2 Å². The lowest BCUT2D eigenvalue weighted by Crippen LogP contribution is -2.31. The molecule has 1 unspecified atom stereocenters. The van der Waals surface area contributed by atoms with Crippen LogP contribution < -0.4 is 5.32 Å². The summed E-state index contributed by atoms with van der Waals surface area (Å²) < 4.78 is 10.0. The van der Waals surface area contributed by atoms with Gasteiger partial charge in [0.25, 0.3) is 0 Å². The van der Waals surface area contributed by atoms with E-state index < -0.39 is 0 Å². The minimum absolute atomic E-state index is 0.0153. The van der Waals surface area contributed by atoms with Crippen LogP contribution in [0.25, 0.3) is 0 Å². The van der Waals surface area contributed by atoms with E-state index >= 15 is 0 Å². The summed E-state index contributed by atoms with van der Waals surface area (Å²) in [4.78, 5) is 11.7. The fraction of sp³-hybridized carbons (Fsp3) is 0.533. The van der Waals surface area contributed by atoms with Crippen molar-refractivity contribution < 1.29 is 14.3 Å². The smallest absolute Gasteiger partial charge is 0.246 e. The summed E-state index contributed by atoms with van der Waals surface area (Å²) in [5.41, 5.74) is 3.52. The number of carbonyl (C=O) groups is 1. The lowest BCUT2D eigenvalue weighted by atomic mass is 10.00. The molecule has 0 saturated carbocycles. The predicted octanol–water partition coefficient (Wildman–Crippen LogP) is 2.14. The van der Waals surface area contributed by atoms with Gasteiger partial charge in [0.05, 0.1) is 19.3 Å². The maximum absolute atomic E-state index is 11.7. The van der Waals surface area contributed by atoms with Crippen molar-refractivity contribution in [1.82, 2.24) is 5.32 Å². The molecule has 19 heavy (non-hydrogen) atoms. The lowest BCUT2D eigenvalue weighted by molar-refractivity contribution is -0.126. The summed E-state index contributed by atoms with van der Waals surface area (Å²) in [5.74, 6) is -0.107. The fourth-order valence-corrected chi connectivity index (χ4v) is 1.89. The number of nitrogens with one attached hydrogen (secondary N) is 1. The van der Waals surface area contributed by atoms with Crippen LogP contribution in [-0.2, 0) is 14.3 Å². The Kier molecular flexibility index (Phi) is 6.53. The van der Waals surface area contributed by atoms with Crippen LogP contribution in [0.2, 0.25) is 0 Å². The van der Waals surface area contributed by atoms with Gasteiger partial charge in [0, 0.05) is 7.11 Å². The summed E-state index contributed by atoms with van der Waals surface area (Å²) >= 11 is 0. The average Bonchev–Trinajstić information content (AvgIpc) is 2.37. The molecule has 4 nitrogen and oxygen atoms in total. The van der Waals surface area contributed by atoms with Gasteiger partial charge in [-0.25, -0.2) is 0 Å². The zero-order chi connectivity index (χ0) is 14.3. The van der Waals surface area contributed by atoms with E-state index in [9.17, 15) is 4.79 Å². The highest BCUT2D eigenvalue weighted by atomic mass is 16.5. The Morgan fingerprint density at radius 2 is 2.05 bits per heavy atom. The largest absolute Gasteiger partial charge is 0.382 e. The third-order valence-corrected chi connectivity index (χ3v) is 2.94. The van der Waals surface area contributed by atoms with Crippen molar-refractivity contribution in [3.05, 3.63) is 34.9 Å². The average molecular weight is 265 g/mol. The van der Waals surface area contributed by atoms with E-state index in [1.54, 1.807) is 7.11 Å². The second kappa shape index (κ2) is 7.92. The van der Waals surface area contributed by atoms with Crippen LogP contribution in [0, 0.1) is 13.8 Å². The number of aryl methyl sites for hydroxylation is 2. The van der Waals surface area contributed by atoms with Crippen LogP contribution in [0.1, 0.15) is 29.7 Å². The quantitative estimate of drug-likeness (QED) is 0.768. The Balaban J connectivity index is 2.47. The molecule has 1 aromatic carbocycles. The molecule has 1 rings (SSSR count). The highest BCUT2D eigenvalue weighted by Gasteiger charge is 2.11. The summed E-state index contributed by atoms with van der Waals surface area (Å²) in [6.07, 6.45) is 0. The number of hydrogen-bond acceptors (Lipinski definition) is 3. The number of benzene rings is 1. The van der Waals surface area contributed by atoms with Crippen LogP contribution in [0.15, 0.2) is 18.2 Å². The topological polar surface area (TPSA) is 47.6 Å². The first kappa shape index (κ1) is 15.7. The van der Waals surface area contributed by atoms with Crippen LogP contribution in [0.5, 0.6) is 0 Å². The molecule has 1 aromatic rings. The molecule has 1 N–H and O–H groups in total. The molecule has 0 saturated heterocycles. The van der Waals surface area contributed by atoms with Crippen molar-refractivity contribution in [2.75, 3.05) is 26.9 Å². The van der Waals surface area contributed by atoms with Gasteiger partial charge in [-0.1, -0.05) is 23.8 Å². The van der Waals surface area contributed by atoms with Gasteiger partial charge in [0.1, 0.15) is 6.61 Å². The van der Waals surface area contributed by atoms with Crippen molar-refractivity contribution in [3.63, 3.8) is 0 Å². The first-order chi connectivity index (χ1) is 9.04. The van der Waals surface area contributed by atoms with Crippen LogP contribution in [-0.4, -0.2) is 32.8 Å². The monoisotopic (exact) mass is 265 g/mol. The second-order valence-electron chi connectivity index (χ2n) is 4.69. The van der Waals surface area contributed by atoms with Crippen molar-refractivity contribution in [3.8, 4) is 0 Å². The summed E-state index contributed by atoms with van der Waals surface area (Å²) in [7, 11) is 1.60. The maximum Gasteiger partial charge on any atom is 0.246 e. The molecular formula is C15H23NO3. The van der Waals surface area contributed by atoms with Gasteiger partial charge >= 0.3 is 0 Å². The minimum atomic E-state index is -0.107. The molecule has 1 amide bonds. The Bertz CT molecular complexity index is 418. The molecule has 0 heterocycles. The Hall–Kier alpha value is -1.39. The first-order valence-corrected chi connectivity index (χ1v) is 6.47. The van der Waals surface area contributed by atoms with Gasteiger partial charge in [-0.2, -0.15) is 0 Å². The summed E-state index contributed by atoms with van der Waals surface area (Å²) in [6.45, 7) is 7.08. The molecule has 0 fully saturated rings. The number of carbonyl (C=O) groups excluding carboxylic acids is 1. The van der Waals surface area contributed by atoms with Gasteiger partial charge in [0.15, 0.2) is 0 Å². The van der Waals surface area contributed by atoms with Crippen molar-refractivity contribution in [2.24, 2.45) is 0 Å². The number of hydrogen-bond donors (Lipinski definition) is 1. The zero-order valence-corrected chi connectivity index (χ0v) is 12.2. The fourth-order valence-electron chi connectivity index (χ4n) is 1.89. The molecule has 4 heteroatoms. The third kappa shape index (κ3) is 5.41. The summed E-state index contributed by atoms with van der Waals surface area (Å²) in [5, 5.41) is 2.94. The standard InChI is InChI=1S/C15H23NO3/c1-11-5-6-12(2)14(9-11)13(3)16-15(17)10-19-8-7-18-4/h5-6,9,13H,7-8,10H2,1-4H3,(H,16,17). The molecule has 0 aliphatic rings. The summed E-state index contributed by atoms with van der Waals surface area (Å²) in [6, 6.07) is 6.23. The van der Waals surface area contributed by atoms with Crippen molar-refractivity contribution >= 4 is 5.91 Å². The first-order valence-electron chi connectivity index (χ1n) is 6.47. The molecule has 0 radical (unpaired) electrons. The van der Waals surface area contributed by atoms with Crippen LogP contribution in [0.4, 0.5) is 0 Å². The number of ether oxygens (including phenoxy) is 2. The van der Waals surface area contributed by atoms with E-state index in [0.717, 1.165) is 5.56 Å². The number of amides is 1. The Labute approximate surface area is 115 Å². The van der Waals surface area contributed by atoms with Crippen LogP contribution in [0.3, 0.4) is 0 Å². The molecule has 0 aromatic heterocycles. The van der Waals surface area contributed by atoms with Gasteiger partial charge in [-0.3, -0.25) is 4.79 Å². The Morgan fingerprint density at radius 3 is 2.74 bits per heavy atom. The lowest BCUT2D eigenvalue weighted by Gasteiger charge is -2.17. The molecule has 0 aliphatic carbocycles. The zero-order valence-electron chi connectivity index (χ0n) is 12.2. The molecular weight excluding hydrogens is 242 g/mol. The number of rotatable bonds is 7. The highest BCUT2D eigenvalue weighted by molar-refractivity contribution is 5.77. The SMILES string of the molecule is COCCOCC(=O)NC(C)c1cc(C)ccc1C. The normalized spacial score (nSPS) is 12.2. The van der Waals surface area contributed by atoms with E-state index in [2.05, 4.69) is 23.5 Å².